The van der Waals surface area contributed by atoms with Crippen LogP contribution in [0.1, 0.15) is 25.8 Å². The third-order valence-electron chi connectivity index (χ3n) is 3.50. The Morgan fingerprint density at radius 3 is 2.90 bits per heavy atom. The number of benzene rings is 1. The molecule has 1 aromatic carbocycles. The Hall–Kier alpha value is -1.75. The van der Waals surface area contributed by atoms with Gasteiger partial charge in [0, 0.05) is 22.8 Å². The fraction of sp³-hybridized carbons (Fsp3) is 0.375. The quantitative estimate of drug-likeness (QED) is 0.868. The predicted molar refractivity (Wildman–Crippen MR) is 87.8 cm³/mol. The highest BCUT2D eigenvalue weighted by Crippen LogP contribution is 2.30. The molecule has 1 amide bonds. The molecular formula is C16H20N2O2S. The third-order valence-corrected chi connectivity index (χ3v) is 4.23. The molecule has 2 rings (SSSR count). The molecule has 0 aliphatic carbocycles. The Morgan fingerprint density at radius 1 is 1.52 bits per heavy atom. The maximum Gasteiger partial charge on any atom is 0.240 e. The van der Waals surface area contributed by atoms with Crippen LogP contribution in [-0.2, 0) is 4.79 Å². The first-order valence-electron chi connectivity index (χ1n) is 6.82. The molecule has 1 heterocycles. The van der Waals surface area contributed by atoms with Gasteiger partial charge in [-0.3, -0.25) is 4.79 Å². The first-order valence-corrected chi connectivity index (χ1v) is 8.04. The summed E-state index contributed by atoms with van der Waals surface area (Å²) >= 11 is 1.70. The van der Waals surface area contributed by atoms with E-state index in [2.05, 4.69) is 16.6 Å². The van der Waals surface area contributed by atoms with E-state index in [1.807, 2.05) is 38.3 Å². The average molecular weight is 304 g/mol. The van der Waals surface area contributed by atoms with Crippen LogP contribution in [0.4, 0.5) is 0 Å². The zero-order valence-corrected chi connectivity index (χ0v) is 13.6. The van der Waals surface area contributed by atoms with E-state index in [1.165, 1.54) is 4.90 Å². The minimum atomic E-state index is -0.0285. The van der Waals surface area contributed by atoms with Gasteiger partial charge in [0.1, 0.15) is 5.75 Å². The number of thioether (sulfide) groups is 1. The van der Waals surface area contributed by atoms with E-state index in [9.17, 15) is 4.79 Å². The van der Waals surface area contributed by atoms with Crippen molar-refractivity contribution < 1.29 is 9.53 Å². The number of rotatable bonds is 4. The topological polar surface area (TPSA) is 50.7 Å². The number of methoxy groups -OCH3 is 1. The SMILES string of the molecule is COc1ccc(SC)cc1C(C)=CC1=NNC(=O)CC1C. The second-order valence-corrected chi connectivity index (χ2v) is 5.95. The molecule has 0 saturated carbocycles. The van der Waals surface area contributed by atoms with Crippen molar-refractivity contribution in [2.24, 2.45) is 11.0 Å². The van der Waals surface area contributed by atoms with Gasteiger partial charge >= 0.3 is 0 Å². The molecule has 1 aliphatic heterocycles. The monoisotopic (exact) mass is 304 g/mol. The van der Waals surface area contributed by atoms with Crippen LogP contribution in [0.3, 0.4) is 0 Å². The number of nitrogens with one attached hydrogen (secondary N) is 1. The van der Waals surface area contributed by atoms with Crippen LogP contribution in [0, 0.1) is 5.92 Å². The second kappa shape index (κ2) is 6.80. The van der Waals surface area contributed by atoms with Crippen molar-refractivity contribution in [3.63, 3.8) is 0 Å². The maximum atomic E-state index is 11.3. The summed E-state index contributed by atoms with van der Waals surface area (Å²) in [6.07, 6.45) is 4.55. The Balaban J connectivity index is 2.36. The summed E-state index contributed by atoms with van der Waals surface area (Å²) in [5.74, 6) is 0.942. The van der Waals surface area contributed by atoms with E-state index in [-0.39, 0.29) is 11.8 Å². The van der Waals surface area contributed by atoms with Gasteiger partial charge in [-0.2, -0.15) is 5.10 Å². The Labute approximate surface area is 129 Å². The number of amides is 1. The van der Waals surface area contributed by atoms with Crippen molar-refractivity contribution >= 4 is 29.0 Å². The highest BCUT2D eigenvalue weighted by molar-refractivity contribution is 7.98. The number of carbonyl (C=O) groups is 1. The summed E-state index contributed by atoms with van der Waals surface area (Å²) in [4.78, 5) is 12.5. The number of carbonyl (C=O) groups excluding carboxylic acids is 1. The van der Waals surface area contributed by atoms with Crippen LogP contribution >= 0.6 is 11.8 Å². The summed E-state index contributed by atoms with van der Waals surface area (Å²) in [6.45, 7) is 4.05. The standard InChI is InChI=1S/C16H20N2O2S/c1-10(7-14-11(2)8-16(19)18-17-14)13-9-12(21-4)5-6-15(13)20-3/h5-7,9,11H,8H2,1-4H3,(H,18,19). The molecule has 4 nitrogen and oxygen atoms in total. The van der Waals surface area contributed by atoms with Crippen molar-refractivity contribution in [1.82, 2.24) is 5.43 Å². The predicted octanol–water partition coefficient (Wildman–Crippen LogP) is 3.33. The normalized spacial score (nSPS) is 19.0. The lowest BCUT2D eigenvalue weighted by Gasteiger charge is -2.18. The van der Waals surface area contributed by atoms with Crippen molar-refractivity contribution in [3.05, 3.63) is 29.8 Å². The largest absolute Gasteiger partial charge is 0.496 e. The van der Waals surface area contributed by atoms with Gasteiger partial charge in [0.15, 0.2) is 0 Å². The van der Waals surface area contributed by atoms with E-state index >= 15 is 0 Å². The zero-order valence-electron chi connectivity index (χ0n) is 12.8. The van der Waals surface area contributed by atoms with Gasteiger partial charge in [0.2, 0.25) is 5.91 Å². The zero-order chi connectivity index (χ0) is 15.4. The van der Waals surface area contributed by atoms with Crippen LogP contribution < -0.4 is 10.2 Å². The van der Waals surface area contributed by atoms with Crippen molar-refractivity contribution in [3.8, 4) is 5.75 Å². The van der Waals surface area contributed by atoms with Crippen LogP contribution in [-0.4, -0.2) is 25.0 Å². The first kappa shape index (κ1) is 15.6. The molecule has 0 radical (unpaired) electrons. The van der Waals surface area contributed by atoms with Gasteiger partial charge in [-0.25, -0.2) is 5.43 Å². The highest BCUT2D eigenvalue weighted by atomic mass is 32.2. The number of hydrazone groups is 1. The van der Waals surface area contributed by atoms with Gasteiger partial charge < -0.3 is 4.74 Å². The lowest BCUT2D eigenvalue weighted by Crippen LogP contribution is -2.30. The first-order chi connectivity index (χ1) is 10.0. The molecule has 112 valence electrons. The number of allylic oxidation sites excluding steroid dienone is 2. The number of ether oxygens (including phenoxy) is 1. The molecule has 1 unspecified atom stereocenters. The van der Waals surface area contributed by atoms with Crippen LogP contribution in [0.5, 0.6) is 5.75 Å². The Kier molecular flexibility index (Phi) is 5.07. The third kappa shape index (κ3) is 3.67. The minimum Gasteiger partial charge on any atom is -0.496 e. The average Bonchev–Trinajstić information content (AvgIpc) is 2.49. The van der Waals surface area contributed by atoms with E-state index in [0.717, 1.165) is 22.6 Å². The number of hydrogen-bond donors (Lipinski definition) is 1. The summed E-state index contributed by atoms with van der Waals surface area (Å²) in [5, 5.41) is 4.15. The number of nitrogens with zero attached hydrogens (tertiary/aromatic N) is 1. The molecule has 21 heavy (non-hydrogen) atoms. The van der Waals surface area contributed by atoms with Gasteiger partial charge in [0.25, 0.3) is 0 Å². The molecule has 0 fully saturated rings. The van der Waals surface area contributed by atoms with Gasteiger partial charge in [-0.1, -0.05) is 6.92 Å². The van der Waals surface area contributed by atoms with Gasteiger partial charge in [-0.15, -0.1) is 11.8 Å². The molecular weight excluding hydrogens is 284 g/mol. The molecule has 1 atom stereocenters. The lowest BCUT2D eigenvalue weighted by atomic mass is 9.96. The molecule has 1 aliphatic rings. The molecule has 0 bridgehead atoms. The summed E-state index contributed by atoms with van der Waals surface area (Å²) in [6, 6.07) is 6.13. The van der Waals surface area contributed by atoms with Crippen LogP contribution in [0.25, 0.3) is 5.57 Å². The van der Waals surface area contributed by atoms with Crippen molar-refractivity contribution in [2.75, 3.05) is 13.4 Å². The Bertz CT molecular complexity index is 608. The van der Waals surface area contributed by atoms with Crippen molar-refractivity contribution in [2.45, 2.75) is 25.2 Å². The Morgan fingerprint density at radius 2 is 2.29 bits per heavy atom. The molecule has 5 heteroatoms. The summed E-state index contributed by atoms with van der Waals surface area (Å²) < 4.78 is 5.44. The van der Waals surface area contributed by atoms with Gasteiger partial charge in [0.05, 0.1) is 12.8 Å². The molecule has 1 aromatic rings. The van der Waals surface area contributed by atoms with Gasteiger partial charge in [-0.05, 0) is 43.0 Å². The van der Waals surface area contributed by atoms with E-state index < -0.39 is 0 Å². The summed E-state index contributed by atoms with van der Waals surface area (Å²) in [5.41, 5.74) is 5.56. The molecule has 0 aromatic heterocycles. The lowest BCUT2D eigenvalue weighted by molar-refractivity contribution is -0.121. The second-order valence-electron chi connectivity index (χ2n) is 5.07. The molecule has 1 N–H and O–H groups in total. The smallest absolute Gasteiger partial charge is 0.240 e. The fourth-order valence-corrected chi connectivity index (χ4v) is 2.70. The highest BCUT2D eigenvalue weighted by Gasteiger charge is 2.19. The van der Waals surface area contributed by atoms with E-state index in [1.54, 1.807) is 18.9 Å². The van der Waals surface area contributed by atoms with Crippen LogP contribution in [0.15, 0.2) is 34.3 Å². The number of hydrogen-bond acceptors (Lipinski definition) is 4. The minimum absolute atomic E-state index is 0.0285. The van der Waals surface area contributed by atoms with E-state index in [0.29, 0.717) is 6.42 Å². The molecule has 0 saturated heterocycles. The van der Waals surface area contributed by atoms with Crippen LogP contribution in [0.2, 0.25) is 0 Å². The summed E-state index contributed by atoms with van der Waals surface area (Å²) in [7, 11) is 1.67. The maximum absolute atomic E-state index is 11.3. The molecule has 0 spiro atoms. The fourth-order valence-electron chi connectivity index (χ4n) is 2.26. The van der Waals surface area contributed by atoms with E-state index in [4.69, 9.17) is 4.74 Å². The van der Waals surface area contributed by atoms with Crippen molar-refractivity contribution in [1.29, 1.82) is 0 Å².